The Morgan fingerprint density at radius 3 is 2.90 bits per heavy atom. The lowest BCUT2D eigenvalue weighted by molar-refractivity contribution is 0.0757. The van der Waals surface area contributed by atoms with Crippen molar-refractivity contribution < 1.29 is 9.53 Å². The molecular weight excluding hydrogens is 390 g/mol. The number of nitrogens with zero attached hydrogens (tertiary/aromatic N) is 3. The second-order valence-corrected chi connectivity index (χ2v) is 8.77. The minimum atomic E-state index is -0.323. The van der Waals surface area contributed by atoms with E-state index in [1.54, 1.807) is 12.4 Å². The topological polar surface area (TPSA) is 89.0 Å². The number of nitrogens with one attached hydrogen (secondary N) is 2. The van der Waals surface area contributed by atoms with E-state index in [2.05, 4.69) is 53.5 Å². The molecular formula is C24H25N5O2. The van der Waals surface area contributed by atoms with Gasteiger partial charge >= 0.3 is 0 Å². The van der Waals surface area contributed by atoms with Crippen molar-refractivity contribution in [2.45, 2.75) is 45.3 Å². The molecule has 3 aromatic rings. The second kappa shape index (κ2) is 7.34. The molecule has 2 aromatic heterocycles. The first-order valence-corrected chi connectivity index (χ1v) is 10.6. The summed E-state index contributed by atoms with van der Waals surface area (Å²) in [7, 11) is 0. The lowest BCUT2D eigenvalue weighted by atomic mass is 9.88. The monoisotopic (exact) mass is 415 g/mol. The van der Waals surface area contributed by atoms with Crippen LogP contribution in [0.4, 0.5) is 5.82 Å². The molecule has 0 saturated heterocycles. The number of rotatable bonds is 3. The van der Waals surface area contributed by atoms with Crippen LogP contribution in [-0.4, -0.2) is 33.0 Å². The molecule has 0 spiro atoms. The fraction of sp³-hybridized carbons (Fsp3) is 0.333. The summed E-state index contributed by atoms with van der Waals surface area (Å²) in [6.07, 6.45) is 4.88. The van der Waals surface area contributed by atoms with E-state index in [1.165, 1.54) is 5.56 Å². The zero-order chi connectivity index (χ0) is 21.6. The van der Waals surface area contributed by atoms with Gasteiger partial charge in [-0.2, -0.15) is 0 Å². The molecule has 1 unspecified atom stereocenters. The van der Waals surface area contributed by atoms with Crippen molar-refractivity contribution in [1.82, 2.24) is 20.3 Å². The number of amides is 1. The van der Waals surface area contributed by atoms with Gasteiger partial charge in [0, 0.05) is 42.0 Å². The maximum atomic E-state index is 12.6. The summed E-state index contributed by atoms with van der Waals surface area (Å²) in [4.78, 5) is 26.2. The van der Waals surface area contributed by atoms with Gasteiger partial charge in [-0.25, -0.2) is 9.97 Å². The molecule has 2 N–H and O–H groups in total. The summed E-state index contributed by atoms with van der Waals surface area (Å²) in [6, 6.07) is 9.99. The number of carbonyl (C=O) groups is 1. The van der Waals surface area contributed by atoms with Crippen molar-refractivity contribution in [1.29, 1.82) is 0 Å². The standard InChI is InChI=1S/C24H25N5O2/c1-14-6-7-19-17(11-14)18(12-24(2,3)31-19)27-22-16-8-10-26-23(30)20(16)28-21(29-22)15-5-4-9-25-13-15/h4-7,9,11,13,18H,8,10,12H2,1-3H3,(H,26,30)(H,27,28,29). The first kappa shape index (κ1) is 19.5. The number of benzene rings is 1. The molecule has 5 rings (SSSR count). The van der Waals surface area contributed by atoms with E-state index < -0.39 is 0 Å². The highest BCUT2D eigenvalue weighted by atomic mass is 16.5. The lowest BCUT2D eigenvalue weighted by Gasteiger charge is -2.38. The number of hydrogen-bond donors (Lipinski definition) is 2. The average Bonchev–Trinajstić information content (AvgIpc) is 2.75. The number of anilines is 1. The highest BCUT2D eigenvalue weighted by Crippen LogP contribution is 2.42. The Morgan fingerprint density at radius 2 is 2.10 bits per heavy atom. The van der Waals surface area contributed by atoms with Crippen LogP contribution in [0.2, 0.25) is 0 Å². The van der Waals surface area contributed by atoms with Crippen LogP contribution in [-0.2, 0) is 6.42 Å². The van der Waals surface area contributed by atoms with E-state index in [0.717, 1.165) is 28.9 Å². The van der Waals surface area contributed by atoms with E-state index in [-0.39, 0.29) is 17.6 Å². The molecule has 1 aromatic carbocycles. The third-order valence-corrected chi connectivity index (χ3v) is 5.74. The number of hydrogen-bond acceptors (Lipinski definition) is 6. The summed E-state index contributed by atoms with van der Waals surface area (Å²) in [5.41, 5.74) is 4.02. The van der Waals surface area contributed by atoms with Crippen molar-refractivity contribution >= 4 is 11.7 Å². The molecule has 2 aliphatic heterocycles. The largest absolute Gasteiger partial charge is 0.487 e. The highest BCUT2D eigenvalue weighted by molar-refractivity contribution is 5.96. The summed E-state index contributed by atoms with van der Waals surface area (Å²) in [5.74, 6) is 1.91. The van der Waals surface area contributed by atoms with Gasteiger partial charge < -0.3 is 15.4 Å². The van der Waals surface area contributed by atoms with E-state index in [0.29, 0.717) is 30.3 Å². The minimum Gasteiger partial charge on any atom is -0.487 e. The van der Waals surface area contributed by atoms with Crippen LogP contribution in [0.25, 0.3) is 11.4 Å². The van der Waals surface area contributed by atoms with Crippen molar-refractivity contribution in [2.75, 3.05) is 11.9 Å². The zero-order valence-corrected chi connectivity index (χ0v) is 17.9. The van der Waals surface area contributed by atoms with Gasteiger partial charge in [-0.05, 0) is 45.4 Å². The van der Waals surface area contributed by atoms with Crippen LogP contribution in [0, 0.1) is 6.92 Å². The molecule has 0 radical (unpaired) electrons. The van der Waals surface area contributed by atoms with Gasteiger partial charge in [-0.15, -0.1) is 0 Å². The molecule has 4 heterocycles. The molecule has 0 fully saturated rings. The molecule has 2 aliphatic rings. The fourth-order valence-corrected chi connectivity index (χ4v) is 4.30. The number of aryl methyl sites for hydroxylation is 1. The second-order valence-electron chi connectivity index (χ2n) is 8.77. The summed E-state index contributed by atoms with van der Waals surface area (Å²) >= 11 is 0. The first-order chi connectivity index (χ1) is 14.9. The van der Waals surface area contributed by atoms with Crippen LogP contribution in [0.3, 0.4) is 0 Å². The van der Waals surface area contributed by atoms with Gasteiger partial charge in [0.05, 0.1) is 6.04 Å². The van der Waals surface area contributed by atoms with E-state index in [4.69, 9.17) is 9.72 Å². The van der Waals surface area contributed by atoms with Crippen LogP contribution < -0.4 is 15.4 Å². The number of aromatic nitrogens is 3. The molecule has 0 saturated carbocycles. The Hall–Kier alpha value is -3.48. The molecule has 1 amide bonds. The van der Waals surface area contributed by atoms with Crippen LogP contribution in [0.15, 0.2) is 42.7 Å². The minimum absolute atomic E-state index is 0.00406. The molecule has 0 aliphatic carbocycles. The van der Waals surface area contributed by atoms with Gasteiger partial charge in [-0.1, -0.05) is 17.7 Å². The van der Waals surface area contributed by atoms with Gasteiger partial charge in [0.1, 0.15) is 22.9 Å². The predicted octanol–water partition coefficient (Wildman–Crippen LogP) is 3.85. The molecule has 158 valence electrons. The third-order valence-electron chi connectivity index (χ3n) is 5.74. The summed E-state index contributed by atoms with van der Waals surface area (Å²) in [6.45, 7) is 6.84. The van der Waals surface area contributed by atoms with Crippen molar-refractivity contribution in [3.8, 4) is 17.1 Å². The Balaban J connectivity index is 1.61. The Bertz CT molecular complexity index is 1160. The summed E-state index contributed by atoms with van der Waals surface area (Å²) in [5, 5.41) is 6.54. The molecule has 1 atom stereocenters. The van der Waals surface area contributed by atoms with Crippen molar-refractivity contribution in [3.05, 3.63) is 65.1 Å². The maximum Gasteiger partial charge on any atom is 0.270 e. The quantitative estimate of drug-likeness (QED) is 0.676. The van der Waals surface area contributed by atoms with Crippen LogP contribution >= 0.6 is 0 Å². The van der Waals surface area contributed by atoms with Crippen LogP contribution in [0.5, 0.6) is 5.75 Å². The number of fused-ring (bicyclic) bond motifs is 2. The Kier molecular flexibility index (Phi) is 4.61. The molecule has 0 bridgehead atoms. The van der Waals surface area contributed by atoms with Crippen molar-refractivity contribution in [3.63, 3.8) is 0 Å². The highest BCUT2D eigenvalue weighted by Gasteiger charge is 2.35. The molecule has 7 heteroatoms. The van der Waals surface area contributed by atoms with Gasteiger partial charge in [0.25, 0.3) is 5.91 Å². The third kappa shape index (κ3) is 3.71. The maximum absolute atomic E-state index is 12.6. The Labute approximate surface area is 181 Å². The van der Waals surface area contributed by atoms with E-state index in [9.17, 15) is 4.79 Å². The fourth-order valence-electron chi connectivity index (χ4n) is 4.30. The van der Waals surface area contributed by atoms with E-state index in [1.807, 2.05) is 18.2 Å². The van der Waals surface area contributed by atoms with Gasteiger partial charge in [0.15, 0.2) is 5.82 Å². The normalized spacial score (nSPS) is 18.9. The smallest absolute Gasteiger partial charge is 0.270 e. The van der Waals surface area contributed by atoms with Crippen molar-refractivity contribution in [2.24, 2.45) is 0 Å². The predicted molar refractivity (Wildman–Crippen MR) is 118 cm³/mol. The average molecular weight is 415 g/mol. The Morgan fingerprint density at radius 1 is 1.23 bits per heavy atom. The number of pyridine rings is 1. The molecule has 7 nitrogen and oxygen atoms in total. The SMILES string of the molecule is Cc1ccc2c(c1)C(Nc1nc(-c3cccnc3)nc3c1CCNC3=O)CC(C)(C)O2. The van der Waals surface area contributed by atoms with Gasteiger partial charge in [-0.3, -0.25) is 9.78 Å². The van der Waals surface area contributed by atoms with E-state index >= 15 is 0 Å². The van der Waals surface area contributed by atoms with Gasteiger partial charge in [0.2, 0.25) is 0 Å². The first-order valence-electron chi connectivity index (χ1n) is 10.6. The number of carbonyl (C=O) groups excluding carboxylic acids is 1. The molecule has 31 heavy (non-hydrogen) atoms. The summed E-state index contributed by atoms with van der Waals surface area (Å²) < 4.78 is 6.22. The van der Waals surface area contributed by atoms with Crippen LogP contribution in [0.1, 0.15) is 53.5 Å². The number of ether oxygens (including phenoxy) is 1. The lowest BCUT2D eigenvalue weighted by Crippen LogP contribution is -2.38. The zero-order valence-electron chi connectivity index (χ0n) is 17.9.